The molecule has 9 heteroatoms. The van der Waals surface area contributed by atoms with Crippen molar-refractivity contribution in [2.45, 2.75) is 24.3 Å². The largest absolute Gasteiger partial charge is 0.632 e. The van der Waals surface area contributed by atoms with Gasteiger partial charge in [-0.05, 0) is 25.1 Å². The fourth-order valence-electron chi connectivity index (χ4n) is 3.67. The van der Waals surface area contributed by atoms with E-state index in [1.807, 2.05) is 0 Å². The van der Waals surface area contributed by atoms with Crippen molar-refractivity contribution in [1.82, 2.24) is 0 Å². The second-order valence-electron chi connectivity index (χ2n) is 6.75. The number of carboxylic acids is 1. The number of hydroxylamine groups is 3. The highest BCUT2D eigenvalue weighted by Crippen LogP contribution is 2.46. The Kier molecular flexibility index (Phi) is 5.55. The minimum atomic E-state index is -3.89. The predicted octanol–water partition coefficient (Wildman–Crippen LogP) is 3.49. The number of para-hydroxylation sites is 1. The number of carboxylic acid groups (broad SMARTS) is 1. The Morgan fingerprint density at radius 1 is 1.25 bits per heavy atom. The maximum atomic E-state index is 13.9. The van der Waals surface area contributed by atoms with Gasteiger partial charge in [0, 0.05) is 22.6 Å². The van der Waals surface area contributed by atoms with Crippen molar-refractivity contribution >= 4 is 37.6 Å². The van der Waals surface area contributed by atoms with Crippen molar-refractivity contribution in [2.75, 3.05) is 24.4 Å². The van der Waals surface area contributed by atoms with Crippen LogP contribution in [0.5, 0.6) is 0 Å². The number of sulfonamides is 1. The van der Waals surface area contributed by atoms with E-state index in [-0.39, 0.29) is 24.4 Å². The fourth-order valence-corrected chi connectivity index (χ4v) is 5.66. The first-order valence-electron chi connectivity index (χ1n) is 8.78. The lowest BCUT2D eigenvalue weighted by atomic mass is 9.94. The van der Waals surface area contributed by atoms with Crippen LogP contribution < -0.4 is 4.31 Å². The lowest BCUT2D eigenvalue weighted by Gasteiger charge is -2.48. The van der Waals surface area contributed by atoms with Crippen LogP contribution in [0.1, 0.15) is 30.5 Å². The molecule has 1 heterocycles. The van der Waals surface area contributed by atoms with E-state index < -0.39 is 26.7 Å². The fraction of sp³-hybridized carbons (Fsp3) is 0.316. The summed E-state index contributed by atoms with van der Waals surface area (Å²) in [6, 6.07) is 10.9. The Balaban J connectivity index is 2.36. The van der Waals surface area contributed by atoms with E-state index in [0.29, 0.717) is 21.3 Å². The van der Waals surface area contributed by atoms with Crippen LogP contribution in [0.2, 0.25) is 0 Å². The minimum Gasteiger partial charge on any atom is -0.632 e. The van der Waals surface area contributed by atoms with Gasteiger partial charge < -0.3 is 15.0 Å². The van der Waals surface area contributed by atoms with E-state index in [1.165, 1.54) is 17.4 Å². The molecule has 28 heavy (non-hydrogen) atoms. The summed E-state index contributed by atoms with van der Waals surface area (Å²) in [5.41, 5.74) is 1.36. The average Bonchev–Trinajstić information content (AvgIpc) is 2.73. The average molecular weight is 469 g/mol. The Hall–Kier alpha value is -1.94. The van der Waals surface area contributed by atoms with Crippen LogP contribution in [0, 0.1) is 5.21 Å². The summed E-state index contributed by atoms with van der Waals surface area (Å²) in [5, 5.41) is 23.0. The zero-order valence-electron chi connectivity index (χ0n) is 15.5. The van der Waals surface area contributed by atoms with Crippen LogP contribution in [0.4, 0.5) is 5.69 Å². The van der Waals surface area contributed by atoms with Crippen molar-refractivity contribution in [3.8, 4) is 0 Å². The van der Waals surface area contributed by atoms with E-state index >= 15 is 0 Å². The summed E-state index contributed by atoms with van der Waals surface area (Å²) in [4.78, 5) is 11.2. The molecule has 0 aliphatic carbocycles. The summed E-state index contributed by atoms with van der Waals surface area (Å²) >= 11 is 3.32. The molecule has 7 nitrogen and oxygen atoms in total. The minimum absolute atomic E-state index is 0.0488. The lowest BCUT2D eigenvalue weighted by Crippen LogP contribution is -2.47. The first-order valence-corrected chi connectivity index (χ1v) is 11.0. The molecule has 0 spiro atoms. The molecule has 0 radical (unpaired) electrons. The van der Waals surface area contributed by atoms with Crippen LogP contribution in [-0.4, -0.2) is 44.3 Å². The standard InChI is InChI=1S/C19H21BrN2O5S/c1-3-22(25,11-10-18(23)24)19-14-6-4-5-7-16(14)21(2)28(26,27)17-12-13(20)8-9-15(17)19/h4-9,12,19H,3,10-11H2,1-2H3,(H,23,24). The molecule has 1 aliphatic heterocycles. The summed E-state index contributed by atoms with van der Waals surface area (Å²) in [6.07, 6.45) is -0.301. The lowest BCUT2D eigenvalue weighted by molar-refractivity contribution is -0.903. The summed E-state index contributed by atoms with van der Waals surface area (Å²) in [5.74, 6) is -1.06. The maximum Gasteiger partial charge on any atom is 0.309 e. The van der Waals surface area contributed by atoms with Crippen molar-refractivity contribution in [1.29, 1.82) is 0 Å². The molecular weight excluding hydrogens is 448 g/mol. The summed E-state index contributed by atoms with van der Waals surface area (Å²) in [7, 11) is -2.43. The van der Waals surface area contributed by atoms with Gasteiger partial charge in [0.1, 0.15) is 6.04 Å². The molecule has 2 atom stereocenters. The first-order chi connectivity index (χ1) is 13.1. The SMILES string of the molecule is CC[N+]([O-])(CCC(=O)O)C1c2ccccc2N(C)S(=O)(=O)c2cc(Br)ccc21. The number of benzene rings is 2. The second-order valence-corrected chi connectivity index (χ2v) is 9.61. The number of quaternary nitrogens is 1. The van der Waals surface area contributed by atoms with Gasteiger partial charge >= 0.3 is 5.97 Å². The molecule has 2 unspecified atom stereocenters. The molecule has 0 bridgehead atoms. The van der Waals surface area contributed by atoms with E-state index in [0.717, 1.165) is 0 Å². The monoisotopic (exact) mass is 468 g/mol. The molecule has 1 aliphatic rings. The van der Waals surface area contributed by atoms with Gasteiger partial charge in [-0.2, -0.15) is 0 Å². The predicted molar refractivity (Wildman–Crippen MR) is 109 cm³/mol. The zero-order valence-corrected chi connectivity index (χ0v) is 17.9. The number of rotatable bonds is 5. The van der Waals surface area contributed by atoms with Crippen LogP contribution in [0.25, 0.3) is 0 Å². The number of carbonyl (C=O) groups is 1. The van der Waals surface area contributed by atoms with E-state index in [9.17, 15) is 18.4 Å². The summed E-state index contributed by atoms with van der Waals surface area (Å²) < 4.78 is 27.4. The quantitative estimate of drug-likeness (QED) is 0.534. The molecule has 0 saturated carbocycles. The van der Waals surface area contributed by atoms with E-state index in [2.05, 4.69) is 15.9 Å². The van der Waals surface area contributed by atoms with Gasteiger partial charge in [0.2, 0.25) is 0 Å². The van der Waals surface area contributed by atoms with Crippen molar-refractivity contribution in [2.24, 2.45) is 0 Å². The Bertz CT molecular complexity index is 1030. The third-order valence-corrected chi connectivity index (χ3v) is 7.51. The highest BCUT2D eigenvalue weighted by molar-refractivity contribution is 9.10. The van der Waals surface area contributed by atoms with Crippen LogP contribution in [-0.2, 0) is 14.8 Å². The van der Waals surface area contributed by atoms with Gasteiger partial charge in [0.15, 0.2) is 0 Å². The maximum absolute atomic E-state index is 13.9. The molecule has 2 aromatic rings. The normalized spacial score (nSPS) is 19.9. The highest BCUT2D eigenvalue weighted by Gasteiger charge is 2.42. The van der Waals surface area contributed by atoms with Gasteiger partial charge in [0.25, 0.3) is 10.0 Å². The molecule has 150 valence electrons. The van der Waals surface area contributed by atoms with Crippen LogP contribution in [0.3, 0.4) is 0 Å². The Morgan fingerprint density at radius 3 is 2.57 bits per heavy atom. The topological polar surface area (TPSA) is 97.7 Å². The van der Waals surface area contributed by atoms with E-state index in [4.69, 9.17) is 5.11 Å². The number of hydrogen-bond donors (Lipinski definition) is 1. The molecule has 0 saturated heterocycles. The van der Waals surface area contributed by atoms with Gasteiger partial charge in [-0.1, -0.05) is 40.2 Å². The molecule has 0 aromatic heterocycles. The Morgan fingerprint density at radius 2 is 1.93 bits per heavy atom. The number of aliphatic carboxylic acids is 1. The third kappa shape index (κ3) is 3.43. The molecule has 3 rings (SSSR count). The third-order valence-electron chi connectivity index (χ3n) is 5.19. The Labute approximate surface area is 172 Å². The van der Waals surface area contributed by atoms with Crippen LogP contribution in [0.15, 0.2) is 51.8 Å². The zero-order chi connectivity index (χ0) is 20.7. The van der Waals surface area contributed by atoms with Crippen molar-refractivity contribution in [3.05, 3.63) is 63.3 Å². The number of anilines is 1. The number of fused-ring (bicyclic) bond motifs is 2. The first kappa shape index (κ1) is 20.8. The van der Waals surface area contributed by atoms with Gasteiger partial charge in [0.05, 0.1) is 30.1 Å². The van der Waals surface area contributed by atoms with Gasteiger partial charge in [-0.3, -0.25) is 9.10 Å². The highest BCUT2D eigenvalue weighted by atomic mass is 79.9. The number of nitrogens with zero attached hydrogens (tertiary/aromatic N) is 2. The van der Waals surface area contributed by atoms with Crippen LogP contribution >= 0.6 is 15.9 Å². The number of halogens is 1. The van der Waals surface area contributed by atoms with E-state index in [1.54, 1.807) is 43.3 Å². The molecule has 0 fully saturated rings. The van der Waals surface area contributed by atoms with Crippen molar-refractivity contribution in [3.63, 3.8) is 0 Å². The molecule has 2 aromatic carbocycles. The van der Waals surface area contributed by atoms with Gasteiger partial charge in [-0.15, -0.1) is 0 Å². The van der Waals surface area contributed by atoms with Crippen molar-refractivity contribution < 1.29 is 23.0 Å². The molecule has 1 N–H and O–H groups in total. The molecular formula is C19H21BrN2O5S. The van der Waals surface area contributed by atoms with Gasteiger partial charge in [-0.25, -0.2) is 8.42 Å². The summed E-state index contributed by atoms with van der Waals surface area (Å²) in [6.45, 7) is 1.63. The molecule has 0 amide bonds. The smallest absolute Gasteiger partial charge is 0.309 e. The second kappa shape index (κ2) is 7.47. The number of hydrogen-bond acceptors (Lipinski definition) is 4.